The van der Waals surface area contributed by atoms with Crippen molar-refractivity contribution in [2.75, 3.05) is 6.54 Å². The van der Waals surface area contributed by atoms with Crippen molar-refractivity contribution >= 4 is 11.9 Å². The van der Waals surface area contributed by atoms with E-state index < -0.39 is 18.1 Å². The van der Waals surface area contributed by atoms with Crippen LogP contribution >= 0.6 is 0 Å². The number of hydrogen-bond acceptors (Lipinski definition) is 4. The van der Waals surface area contributed by atoms with E-state index in [1.165, 1.54) is 0 Å². The Balaban J connectivity index is 1.75. The van der Waals surface area contributed by atoms with Crippen LogP contribution in [0.5, 0.6) is 0 Å². The Bertz CT molecular complexity index is 1140. The monoisotopic (exact) mass is 488 g/mol. The molecule has 0 saturated carbocycles. The zero-order valence-corrected chi connectivity index (χ0v) is 21.1. The summed E-state index contributed by atoms with van der Waals surface area (Å²) in [7, 11) is 0. The van der Waals surface area contributed by atoms with Gasteiger partial charge in [-0.15, -0.1) is 0 Å². The molecule has 0 aliphatic rings. The summed E-state index contributed by atoms with van der Waals surface area (Å²) in [6.45, 7) is 6.42. The van der Waals surface area contributed by atoms with Gasteiger partial charge in [0.25, 0.3) is 5.91 Å². The quantitative estimate of drug-likeness (QED) is 0.315. The SMILES string of the molecule is C[C@@H](O)CC(C)(C)C(CNC(=O)c1ccc(C[C@H](N)C(=O)O)cc1)c1ccc(-c2ccccc2)cc1. The van der Waals surface area contributed by atoms with Crippen LogP contribution < -0.4 is 11.1 Å². The van der Waals surface area contributed by atoms with Gasteiger partial charge >= 0.3 is 5.97 Å². The summed E-state index contributed by atoms with van der Waals surface area (Å²) in [6, 6.07) is 24.4. The Morgan fingerprint density at radius 2 is 1.50 bits per heavy atom. The van der Waals surface area contributed by atoms with Gasteiger partial charge in [-0.05, 0) is 59.6 Å². The van der Waals surface area contributed by atoms with Crippen LogP contribution in [-0.2, 0) is 11.2 Å². The van der Waals surface area contributed by atoms with Crippen molar-refractivity contribution in [3.8, 4) is 11.1 Å². The van der Waals surface area contributed by atoms with Gasteiger partial charge in [-0.1, -0.05) is 80.6 Å². The van der Waals surface area contributed by atoms with Gasteiger partial charge in [0, 0.05) is 18.0 Å². The predicted molar refractivity (Wildman–Crippen MR) is 143 cm³/mol. The highest BCUT2D eigenvalue weighted by molar-refractivity contribution is 5.94. The lowest BCUT2D eigenvalue weighted by Crippen LogP contribution is -2.36. The summed E-state index contributed by atoms with van der Waals surface area (Å²) < 4.78 is 0. The number of rotatable bonds is 11. The molecule has 1 unspecified atom stereocenters. The Morgan fingerprint density at radius 1 is 0.917 bits per heavy atom. The molecule has 0 aliphatic heterocycles. The molecule has 0 saturated heterocycles. The molecule has 3 aromatic carbocycles. The molecule has 0 aromatic heterocycles. The number of amides is 1. The van der Waals surface area contributed by atoms with Crippen LogP contribution in [0.1, 0.15) is 54.6 Å². The second-order valence-corrected chi connectivity index (χ2v) is 10.1. The van der Waals surface area contributed by atoms with E-state index in [0.717, 1.165) is 22.3 Å². The molecule has 5 N–H and O–H groups in total. The van der Waals surface area contributed by atoms with E-state index in [1.54, 1.807) is 31.2 Å². The van der Waals surface area contributed by atoms with Crippen LogP contribution in [0.25, 0.3) is 11.1 Å². The third-order valence-corrected chi connectivity index (χ3v) is 6.64. The van der Waals surface area contributed by atoms with Crippen LogP contribution in [0.3, 0.4) is 0 Å². The van der Waals surface area contributed by atoms with Crippen molar-refractivity contribution in [3.05, 3.63) is 95.6 Å². The molecule has 6 nitrogen and oxygen atoms in total. The highest BCUT2D eigenvalue weighted by atomic mass is 16.4. The normalized spacial score (nSPS) is 14.0. The molecule has 1 amide bonds. The molecule has 3 atom stereocenters. The number of carboxylic acid groups (broad SMARTS) is 1. The minimum atomic E-state index is -1.06. The van der Waals surface area contributed by atoms with Crippen LogP contribution in [0, 0.1) is 5.41 Å². The standard InChI is InChI=1S/C30H36N2O4/c1-20(33)18-30(2,3)26(24-15-13-23(14-16-24)22-7-5-4-6-8-22)19-32-28(34)25-11-9-21(10-12-25)17-27(31)29(35)36/h4-16,20,26-27,33H,17-19,31H2,1-3H3,(H,32,34)(H,35,36)/t20-,26?,27+/m1/s1. The Hall–Kier alpha value is -3.48. The number of nitrogens with one attached hydrogen (secondary N) is 1. The van der Waals surface area contributed by atoms with Crippen molar-refractivity contribution in [2.45, 2.75) is 51.7 Å². The zero-order chi connectivity index (χ0) is 26.3. The van der Waals surface area contributed by atoms with Gasteiger partial charge < -0.3 is 21.3 Å². The van der Waals surface area contributed by atoms with E-state index >= 15 is 0 Å². The Kier molecular flexibility index (Phi) is 9.02. The first-order valence-electron chi connectivity index (χ1n) is 12.3. The molecule has 0 aliphatic carbocycles. The largest absolute Gasteiger partial charge is 0.480 e. The van der Waals surface area contributed by atoms with Crippen LogP contribution in [-0.4, -0.2) is 40.8 Å². The fourth-order valence-corrected chi connectivity index (χ4v) is 4.72. The molecule has 36 heavy (non-hydrogen) atoms. The number of nitrogens with two attached hydrogens (primary N) is 1. The topological polar surface area (TPSA) is 113 Å². The average molecular weight is 489 g/mol. The van der Waals surface area contributed by atoms with Crippen molar-refractivity contribution < 1.29 is 19.8 Å². The maximum Gasteiger partial charge on any atom is 0.320 e. The summed E-state index contributed by atoms with van der Waals surface area (Å²) >= 11 is 0. The van der Waals surface area contributed by atoms with E-state index in [4.69, 9.17) is 10.8 Å². The zero-order valence-electron chi connectivity index (χ0n) is 21.1. The number of aliphatic hydroxyl groups excluding tert-OH is 1. The molecule has 3 aromatic rings. The number of aliphatic carboxylic acids is 1. The van der Waals surface area contributed by atoms with Crippen molar-refractivity contribution in [2.24, 2.45) is 11.1 Å². The maximum absolute atomic E-state index is 12.9. The van der Waals surface area contributed by atoms with Gasteiger partial charge in [-0.25, -0.2) is 0 Å². The summed E-state index contributed by atoms with van der Waals surface area (Å²) in [6.07, 6.45) is 0.324. The van der Waals surface area contributed by atoms with Gasteiger partial charge in [-0.3, -0.25) is 9.59 Å². The molecule has 6 heteroatoms. The molecule has 0 spiro atoms. The van der Waals surface area contributed by atoms with Gasteiger partial charge in [-0.2, -0.15) is 0 Å². The highest BCUT2D eigenvalue weighted by Crippen LogP contribution is 2.39. The number of hydrogen-bond donors (Lipinski definition) is 4. The minimum absolute atomic E-state index is 0.0197. The van der Waals surface area contributed by atoms with Crippen LogP contribution in [0.2, 0.25) is 0 Å². The lowest BCUT2D eigenvalue weighted by molar-refractivity contribution is -0.138. The van der Waals surface area contributed by atoms with Gasteiger partial charge in [0.05, 0.1) is 6.10 Å². The number of carboxylic acids is 1. The number of benzene rings is 3. The minimum Gasteiger partial charge on any atom is -0.480 e. The molecular weight excluding hydrogens is 452 g/mol. The lowest BCUT2D eigenvalue weighted by Gasteiger charge is -2.36. The fraction of sp³-hybridized carbons (Fsp3) is 0.333. The predicted octanol–water partition coefficient (Wildman–Crippen LogP) is 4.62. The van der Waals surface area contributed by atoms with Gasteiger partial charge in [0.15, 0.2) is 0 Å². The molecule has 0 bridgehead atoms. The second-order valence-electron chi connectivity index (χ2n) is 10.1. The third kappa shape index (κ3) is 7.26. The Morgan fingerprint density at radius 3 is 2.06 bits per heavy atom. The molecule has 0 heterocycles. The van der Waals surface area contributed by atoms with Crippen LogP contribution in [0.15, 0.2) is 78.9 Å². The van der Waals surface area contributed by atoms with E-state index in [9.17, 15) is 14.7 Å². The van der Waals surface area contributed by atoms with Crippen molar-refractivity contribution in [3.63, 3.8) is 0 Å². The first-order valence-corrected chi connectivity index (χ1v) is 12.3. The first kappa shape index (κ1) is 27.1. The van der Waals surface area contributed by atoms with Crippen molar-refractivity contribution in [1.29, 1.82) is 0 Å². The summed E-state index contributed by atoms with van der Waals surface area (Å²) in [5.41, 5.74) is 9.95. The lowest BCUT2D eigenvalue weighted by atomic mass is 9.71. The summed E-state index contributed by atoms with van der Waals surface area (Å²) in [5, 5.41) is 22.2. The maximum atomic E-state index is 12.9. The highest BCUT2D eigenvalue weighted by Gasteiger charge is 2.32. The molecule has 0 radical (unpaired) electrons. The fourth-order valence-electron chi connectivity index (χ4n) is 4.72. The van der Waals surface area contributed by atoms with Gasteiger partial charge in [0.1, 0.15) is 6.04 Å². The van der Waals surface area contributed by atoms with Gasteiger partial charge in [0.2, 0.25) is 0 Å². The van der Waals surface area contributed by atoms with E-state index in [1.807, 2.05) is 18.2 Å². The van der Waals surface area contributed by atoms with E-state index in [-0.39, 0.29) is 23.7 Å². The second kappa shape index (κ2) is 12.0. The summed E-state index contributed by atoms with van der Waals surface area (Å²) in [5.74, 6) is -1.28. The molecular formula is C30H36N2O4. The molecule has 190 valence electrons. The number of carbonyl (C=O) groups is 2. The van der Waals surface area contributed by atoms with E-state index in [0.29, 0.717) is 18.5 Å². The van der Waals surface area contributed by atoms with E-state index in [2.05, 4.69) is 55.6 Å². The number of carbonyl (C=O) groups excluding carboxylic acids is 1. The first-order chi connectivity index (χ1) is 17.1. The number of aliphatic hydroxyl groups is 1. The average Bonchev–Trinajstić information content (AvgIpc) is 2.84. The third-order valence-electron chi connectivity index (χ3n) is 6.64. The smallest absolute Gasteiger partial charge is 0.320 e. The van der Waals surface area contributed by atoms with Crippen molar-refractivity contribution in [1.82, 2.24) is 5.32 Å². The van der Waals surface area contributed by atoms with Crippen LogP contribution in [0.4, 0.5) is 0 Å². The summed E-state index contributed by atoms with van der Waals surface area (Å²) in [4.78, 5) is 23.9. The molecule has 3 rings (SSSR count). The molecule has 0 fully saturated rings. The Labute approximate surface area is 213 Å².